The van der Waals surface area contributed by atoms with Crippen LogP contribution in [0, 0.1) is 0 Å². The van der Waals surface area contributed by atoms with Crippen molar-refractivity contribution in [3.8, 4) is 0 Å². The van der Waals surface area contributed by atoms with Crippen molar-refractivity contribution in [1.29, 1.82) is 0 Å². The second-order valence-corrected chi connectivity index (χ2v) is 5.66. The number of aromatic nitrogens is 2. The second kappa shape index (κ2) is 4.90. The summed E-state index contributed by atoms with van der Waals surface area (Å²) < 4.78 is 3.11. The van der Waals surface area contributed by atoms with Crippen molar-refractivity contribution in [3.05, 3.63) is 33.3 Å². The molecule has 0 bridgehead atoms. The molecule has 0 saturated carbocycles. The molecule has 1 atom stereocenters. The Bertz CT molecular complexity index is 608. The summed E-state index contributed by atoms with van der Waals surface area (Å²) in [4.78, 5) is 14.8. The Labute approximate surface area is 114 Å². The Kier molecular flexibility index (Phi) is 3.26. The van der Waals surface area contributed by atoms with Gasteiger partial charge >= 0.3 is 0 Å². The van der Waals surface area contributed by atoms with Gasteiger partial charge in [-0.05, 0) is 41.4 Å². The van der Waals surface area contributed by atoms with Gasteiger partial charge in [-0.25, -0.2) is 0 Å². The number of rotatable bonds is 1. The van der Waals surface area contributed by atoms with E-state index in [4.69, 9.17) is 0 Å². The molecule has 96 valence electrons. The summed E-state index contributed by atoms with van der Waals surface area (Å²) in [7, 11) is 0. The molecule has 2 N–H and O–H groups in total. The SMILES string of the molecule is O=c1[nH]ccc2c(Br)cn(C3CCCCNC3)c12. The molecule has 2 aromatic heterocycles. The third-order valence-corrected chi connectivity index (χ3v) is 4.25. The largest absolute Gasteiger partial charge is 0.338 e. The van der Waals surface area contributed by atoms with Crippen LogP contribution in [-0.2, 0) is 0 Å². The molecule has 1 fully saturated rings. The van der Waals surface area contributed by atoms with Gasteiger partial charge in [-0.1, -0.05) is 6.42 Å². The van der Waals surface area contributed by atoms with Crippen molar-refractivity contribution in [2.75, 3.05) is 13.1 Å². The second-order valence-electron chi connectivity index (χ2n) is 4.81. The molecule has 1 unspecified atom stereocenters. The third-order valence-electron chi connectivity index (χ3n) is 3.62. The van der Waals surface area contributed by atoms with Crippen LogP contribution >= 0.6 is 15.9 Å². The molecule has 1 aliphatic rings. The number of aromatic amines is 1. The van der Waals surface area contributed by atoms with Gasteiger partial charge in [0, 0.05) is 34.8 Å². The molecular formula is C13H16BrN3O. The predicted molar refractivity (Wildman–Crippen MR) is 76.0 cm³/mol. The number of fused-ring (bicyclic) bond motifs is 1. The lowest BCUT2D eigenvalue weighted by Gasteiger charge is -2.17. The summed E-state index contributed by atoms with van der Waals surface area (Å²) >= 11 is 3.54. The van der Waals surface area contributed by atoms with Crippen LogP contribution < -0.4 is 10.9 Å². The molecule has 4 nitrogen and oxygen atoms in total. The van der Waals surface area contributed by atoms with Gasteiger partial charge in [0.1, 0.15) is 5.52 Å². The Balaban J connectivity index is 2.13. The van der Waals surface area contributed by atoms with Gasteiger partial charge in [0.15, 0.2) is 0 Å². The molecule has 2 aromatic rings. The third kappa shape index (κ3) is 2.01. The van der Waals surface area contributed by atoms with E-state index in [1.807, 2.05) is 12.3 Å². The summed E-state index contributed by atoms with van der Waals surface area (Å²) in [5, 5.41) is 4.43. The molecule has 1 saturated heterocycles. The molecule has 0 aliphatic carbocycles. The average Bonchev–Trinajstić information content (AvgIpc) is 2.56. The van der Waals surface area contributed by atoms with Crippen LogP contribution in [0.15, 0.2) is 27.7 Å². The van der Waals surface area contributed by atoms with Gasteiger partial charge in [0.2, 0.25) is 0 Å². The van der Waals surface area contributed by atoms with E-state index in [0.29, 0.717) is 6.04 Å². The maximum atomic E-state index is 12.0. The molecule has 0 amide bonds. The fourth-order valence-corrected chi connectivity index (χ4v) is 3.24. The van der Waals surface area contributed by atoms with Crippen molar-refractivity contribution in [2.45, 2.75) is 25.3 Å². The van der Waals surface area contributed by atoms with Crippen molar-refractivity contribution < 1.29 is 0 Å². The van der Waals surface area contributed by atoms with Crippen LogP contribution in [-0.4, -0.2) is 22.6 Å². The van der Waals surface area contributed by atoms with Crippen LogP contribution in [0.25, 0.3) is 10.9 Å². The lowest BCUT2D eigenvalue weighted by molar-refractivity contribution is 0.473. The van der Waals surface area contributed by atoms with Gasteiger partial charge in [-0.2, -0.15) is 0 Å². The highest BCUT2D eigenvalue weighted by Crippen LogP contribution is 2.28. The number of nitrogens with one attached hydrogen (secondary N) is 2. The number of hydrogen-bond donors (Lipinski definition) is 2. The highest BCUT2D eigenvalue weighted by atomic mass is 79.9. The summed E-state index contributed by atoms with van der Waals surface area (Å²) in [6, 6.07) is 2.31. The Morgan fingerprint density at radius 1 is 1.39 bits per heavy atom. The normalized spacial score (nSPS) is 21.1. The zero-order chi connectivity index (χ0) is 12.5. The monoisotopic (exact) mass is 309 g/mol. The summed E-state index contributed by atoms with van der Waals surface area (Å²) in [5.41, 5.74) is 0.764. The minimum Gasteiger partial charge on any atom is -0.338 e. The van der Waals surface area contributed by atoms with Crippen molar-refractivity contribution in [2.24, 2.45) is 0 Å². The standard InChI is InChI=1S/C13H16BrN3O/c14-11-8-17(9-3-1-2-5-15-7-9)12-10(11)4-6-16-13(12)18/h4,6,8-9,15H,1-3,5,7H2,(H,16,18). The maximum absolute atomic E-state index is 12.0. The first-order valence-electron chi connectivity index (χ1n) is 6.36. The topological polar surface area (TPSA) is 49.8 Å². The first-order valence-corrected chi connectivity index (χ1v) is 7.15. The van der Waals surface area contributed by atoms with E-state index in [9.17, 15) is 4.79 Å². The van der Waals surface area contributed by atoms with Gasteiger partial charge in [-0.3, -0.25) is 4.79 Å². The zero-order valence-electron chi connectivity index (χ0n) is 10.1. The van der Waals surface area contributed by atoms with Gasteiger partial charge in [0.05, 0.1) is 0 Å². The smallest absolute Gasteiger partial charge is 0.272 e. The zero-order valence-corrected chi connectivity index (χ0v) is 11.7. The molecular weight excluding hydrogens is 294 g/mol. The van der Waals surface area contributed by atoms with E-state index in [2.05, 4.69) is 30.8 Å². The number of halogens is 1. The molecule has 3 heterocycles. The van der Waals surface area contributed by atoms with Crippen molar-refractivity contribution in [1.82, 2.24) is 14.9 Å². The van der Waals surface area contributed by atoms with E-state index in [-0.39, 0.29) is 5.56 Å². The van der Waals surface area contributed by atoms with Crippen LogP contribution in [0.2, 0.25) is 0 Å². The quantitative estimate of drug-likeness (QED) is 0.850. The van der Waals surface area contributed by atoms with Crippen LogP contribution in [0.1, 0.15) is 25.3 Å². The Morgan fingerprint density at radius 3 is 3.17 bits per heavy atom. The van der Waals surface area contributed by atoms with E-state index < -0.39 is 0 Å². The van der Waals surface area contributed by atoms with Crippen molar-refractivity contribution in [3.63, 3.8) is 0 Å². The van der Waals surface area contributed by atoms with Gasteiger partial charge in [-0.15, -0.1) is 0 Å². The number of H-pyrrole nitrogens is 1. The fraction of sp³-hybridized carbons (Fsp3) is 0.462. The van der Waals surface area contributed by atoms with E-state index >= 15 is 0 Å². The Hall–Kier alpha value is -1.07. The molecule has 0 spiro atoms. The van der Waals surface area contributed by atoms with E-state index in [0.717, 1.165) is 34.9 Å². The number of nitrogens with zero attached hydrogens (tertiary/aromatic N) is 1. The Morgan fingerprint density at radius 2 is 2.28 bits per heavy atom. The van der Waals surface area contributed by atoms with Crippen molar-refractivity contribution >= 4 is 26.8 Å². The molecule has 1 aliphatic heterocycles. The van der Waals surface area contributed by atoms with Gasteiger partial charge in [0.25, 0.3) is 5.56 Å². The summed E-state index contributed by atoms with van der Waals surface area (Å²) in [6.07, 6.45) is 7.28. The fourth-order valence-electron chi connectivity index (χ4n) is 2.70. The molecule has 0 radical (unpaired) electrons. The van der Waals surface area contributed by atoms with E-state index in [1.165, 1.54) is 12.8 Å². The summed E-state index contributed by atoms with van der Waals surface area (Å²) in [6.45, 7) is 2.01. The highest BCUT2D eigenvalue weighted by Gasteiger charge is 2.18. The lowest BCUT2D eigenvalue weighted by atomic mass is 10.1. The number of pyridine rings is 1. The molecule has 5 heteroatoms. The minimum atomic E-state index is -0.0116. The van der Waals surface area contributed by atoms with Crippen LogP contribution in [0.3, 0.4) is 0 Å². The van der Waals surface area contributed by atoms with Crippen LogP contribution in [0.4, 0.5) is 0 Å². The first kappa shape index (κ1) is 12.0. The number of hydrogen-bond acceptors (Lipinski definition) is 2. The van der Waals surface area contributed by atoms with Crippen LogP contribution in [0.5, 0.6) is 0 Å². The molecule has 0 aromatic carbocycles. The van der Waals surface area contributed by atoms with E-state index in [1.54, 1.807) is 6.20 Å². The highest BCUT2D eigenvalue weighted by molar-refractivity contribution is 9.10. The first-order chi connectivity index (χ1) is 8.77. The average molecular weight is 310 g/mol. The molecule has 3 rings (SSSR count). The van der Waals surface area contributed by atoms with Gasteiger partial charge < -0.3 is 14.9 Å². The minimum absolute atomic E-state index is 0.0116. The lowest BCUT2D eigenvalue weighted by Crippen LogP contribution is -2.24. The predicted octanol–water partition coefficient (Wildman–Crippen LogP) is 2.41. The summed E-state index contributed by atoms with van der Waals surface area (Å²) in [5.74, 6) is 0. The molecule has 18 heavy (non-hydrogen) atoms. The maximum Gasteiger partial charge on any atom is 0.272 e.